The first-order chi connectivity index (χ1) is 10.7. The SMILES string of the molecule is COc1ccc2cc3c(OC)ccc(OC)c3cc2c1OC. The van der Waals surface area contributed by atoms with E-state index in [0.717, 1.165) is 33.0 Å². The van der Waals surface area contributed by atoms with E-state index in [2.05, 4.69) is 6.07 Å². The van der Waals surface area contributed by atoms with Crippen LogP contribution in [0.5, 0.6) is 23.0 Å². The highest BCUT2D eigenvalue weighted by Crippen LogP contribution is 2.41. The van der Waals surface area contributed by atoms with Gasteiger partial charge in [0.2, 0.25) is 0 Å². The first-order valence-electron chi connectivity index (χ1n) is 6.93. The Morgan fingerprint density at radius 1 is 0.545 bits per heavy atom. The summed E-state index contributed by atoms with van der Waals surface area (Å²) in [6.07, 6.45) is 0. The Hall–Kier alpha value is -2.62. The maximum atomic E-state index is 5.53. The molecule has 114 valence electrons. The second kappa shape index (κ2) is 5.64. The normalized spacial score (nSPS) is 10.7. The maximum Gasteiger partial charge on any atom is 0.168 e. The lowest BCUT2D eigenvalue weighted by atomic mass is 10.0. The molecule has 0 N–H and O–H groups in total. The third-order valence-electron chi connectivity index (χ3n) is 3.85. The van der Waals surface area contributed by atoms with Crippen molar-refractivity contribution in [2.24, 2.45) is 0 Å². The minimum absolute atomic E-state index is 0.705. The number of methoxy groups -OCH3 is 4. The topological polar surface area (TPSA) is 36.9 Å². The summed E-state index contributed by atoms with van der Waals surface area (Å²) in [4.78, 5) is 0. The van der Waals surface area contributed by atoms with E-state index in [9.17, 15) is 0 Å². The summed E-state index contributed by atoms with van der Waals surface area (Å²) in [6, 6.07) is 11.9. The molecule has 0 aromatic heterocycles. The molecule has 0 saturated carbocycles. The van der Waals surface area contributed by atoms with Crippen LogP contribution in [0.4, 0.5) is 0 Å². The highest BCUT2D eigenvalue weighted by atomic mass is 16.5. The average molecular weight is 298 g/mol. The van der Waals surface area contributed by atoms with Crippen LogP contribution in [0, 0.1) is 0 Å². The predicted octanol–water partition coefficient (Wildman–Crippen LogP) is 4.03. The smallest absolute Gasteiger partial charge is 0.168 e. The van der Waals surface area contributed by atoms with E-state index < -0.39 is 0 Å². The van der Waals surface area contributed by atoms with Crippen molar-refractivity contribution in [2.75, 3.05) is 28.4 Å². The van der Waals surface area contributed by atoms with Crippen molar-refractivity contribution in [2.45, 2.75) is 0 Å². The number of ether oxygens (including phenoxy) is 4. The fourth-order valence-electron chi connectivity index (χ4n) is 2.79. The first kappa shape index (κ1) is 14.3. The minimum atomic E-state index is 0.705. The fourth-order valence-corrected chi connectivity index (χ4v) is 2.79. The van der Waals surface area contributed by atoms with Crippen LogP contribution in [-0.2, 0) is 0 Å². The number of hydrogen-bond donors (Lipinski definition) is 0. The monoisotopic (exact) mass is 298 g/mol. The van der Waals surface area contributed by atoms with Crippen molar-refractivity contribution in [3.05, 3.63) is 36.4 Å². The van der Waals surface area contributed by atoms with E-state index in [1.807, 2.05) is 30.3 Å². The molecule has 0 saturated heterocycles. The van der Waals surface area contributed by atoms with Crippen molar-refractivity contribution in [1.82, 2.24) is 0 Å². The summed E-state index contributed by atoms with van der Waals surface area (Å²) < 4.78 is 21.9. The summed E-state index contributed by atoms with van der Waals surface area (Å²) in [5, 5.41) is 4.00. The zero-order valence-electron chi connectivity index (χ0n) is 13.1. The Morgan fingerprint density at radius 3 is 1.64 bits per heavy atom. The third-order valence-corrected chi connectivity index (χ3v) is 3.85. The van der Waals surface area contributed by atoms with Gasteiger partial charge in [0.15, 0.2) is 11.5 Å². The maximum absolute atomic E-state index is 5.53. The van der Waals surface area contributed by atoms with Crippen LogP contribution in [0.15, 0.2) is 36.4 Å². The van der Waals surface area contributed by atoms with Gasteiger partial charge in [0.1, 0.15) is 11.5 Å². The lowest BCUT2D eigenvalue weighted by Gasteiger charge is -2.14. The van der Waals surface area contributed by atoms with E-state index in [4.69, 9.17) is 18.9 Å². The van der Waals surface area contributed by atoms with E-state index >= 15 is 0 Å². The standard InChI is InChI=1S/C18H18O4/c1-19-15-7-8-16(20-2)14-10-12-11(9-13(14)15)5-6-17(21-3)18(12)22-4/h5-10H,1-4H3. The van der Waals surface area contributed by atoms with Crippen molar-refractivity contribution in [1.29, 1.82) is 0 Å². The Balaban J connectivity index is 2.45. The first-order valence-corrected chi connectivity index (χ1v) is 6.93. The van der Waals surface area contributed by atoms with E-state index in [1.165, 1.54) is 0 Å². The minimum Gasteiger partial charge on any atom is -0.496 e. The van der Waals surface area contributed by atoms with Crippen LogP contribution in [0.2, 0.25) is 0 Å². The third kappa shape index (κ3) is 2.08. The molecule has 0 aliphatic heterocycles. The summed E-state index contributed by atoms with van der Waals surface area (Å²) in [7, 11) is 6.60. The average Bonchev–Trinajstić information content (AvgIpc) is 2.57. The molecule has 0 bridgehead atoms. The van der Waals surface area contributed by atoms with Gasteiger partial charge < -0.3 is 18.9 Å². The quantitative estimate of drug-likeness (QED) is 0.682. The molecule has 0 aliphatic carbocycles. The van der Waals surface area contributed by atoms with Crippen LogP contribution in [0.3, 0.4) is 0 Å². The zero-order chi connectivity index (χ0) is 15.7. The molecule has 0 heterocycles. The molecule has 3 rings (SSSR count). The number of fused-ring (bicyclic) bond motifs is 2. The van der Waals surface area contributed by atoms with Gasteiger partial charge in [-0.25, -0.2) is 0 Å². The summed E-state index contributed by atoms with van der Waals surface area (Å²) in [6.45, 7) is 0. The molecule has 0 atom stereocenters. The van der Waals surface area contributed by atoms with Crippen LogP contribution in [0.1, 0.15) is 0 Å². The molecule has 4 nitrogen and oxygen atoms in total. The van der Waals surface area contributed by atoms with E-state index in [0.29, 0.717) is 11.5 Å². The Kier molecular flexibility index (Phi) is 3.67. The van der Waals surface area contributed by atoms with Crippen LogP contribution in [-0.4, -0.2) is 28.4 Å². The molecular weight excluding hydrogens is 280 g/mol. The largest absolute Gasteiger partial charge is 0.496 e. The molecular formula is C18H18O4. The van der Waals surface area contributed by atoms with Crippen molar-refractivity contribution in [3.8, 4) is 23.0 Å². The van der Waals surface area contributed by atoms with E-state index in [1.54, 1.807) is 28.4 Å². The van der Waals surface area contributed by atoms with Gasteiger partial charge in [0, 0.05) is 16.2 Å². The highest BCUT2D eigenvalue weighted by Gasteiger charge is 2.13. The van der Waals surface area contributed by atoms with Gasteiger partial charge >= 0.3 is 0 Å². The second-order valence-electron chi connectivity index (χ2n) is 4.89. The lowest BCUT2D eigenvalue weighted by Crippen LogP contribution is -1.93. The molecule has 0 aliphatic rings. The summed E-state index contributed by atoms with van der Waals surface area (Å²) in [5.41, 5.74) is 0. The molecule has 0 unspecified atom stereocenters. The molecule has 0 spiro atoms. The molecule has 0 radical (unpaired) electrons. The Labute approximate surface area is 129 Å². The van der Waals surface area contributed by atoms with Gasteiger partial charge in [0.05, 0.1) is 28.4 Å². The zero-order valence-corrected chi connectivity index (χ0v) is 13.1. The number of hydrogen-bond acceptors (Lipinski definition) is 4. The molecule has 3 aromatic carbocycles. The fraction of sp³-hybridized carbons (Fsp3) is 0.222. The van der Waals surface area contributed by atoms with Gasteiger partial charge in [-0.15, -0.1) is 0 Å². The van der Waals surface area contributed by atoms with Crippen LogP contribution < -0.4 is 18.9 Å². The number of benzene rings is 3. The van der Waals surface area contributed by atoms with Gasteiger partial charge in [-0.2, -0.15) is 0 Å². The lowest BCUT2D eigenvalue weighted by molar-refractivity contribution is 0.358. The Morgan fingerprint density at radius 2 is 1.09 bits per heavy atom. The highest BCUT2D eigenvalue weighted by molar-refractivity contribution is 6.06. The van der Waals surface area contributed by atoms with Crippen LogP contribution >= 0.6 is 0 Å². The van der Waals surface area contributed by atoms with Crippen LogP contribution in [0.25, 0.3) is 21.5 Å². The van der Waals surface area contributed by atoms with Gasteiger partial charge in [0.25, 0.3) is 0 Å². The van der Waals surface area contributed by atoms with Crippen molar-refractivity contribution in [3.63, 3.8) is 0 Å². The molecule has 22 heavy (non-hydrogen) atoms. The predicted molar refractivity (Wildman–Crippen MR) is 87.7 cm³/mol. The van der Waals surface area contributed by atoms with Crippen molar-refractivity contribution < 1.29 is 18.9 Å². The molecule has 4 heteroatoms. The summed E-state index contributed by atoms with van der Waals surface area (Å²) >= 11 is 0. The van der Waals surface area contributed by atoms with E-state index in [-0.39, 0.29) is 0 Å². The molecule has 3 aromatic rings. The van der Waals surface area contributed by atoms with Gasteiger partial charge in [-0.3, -0.25) is 0 Å². The van der Waals surface area contributed by atoms with Gasteiger partial charge in [-0.1, -0.05) is 6.07 Å². The molecule has 0 amide bonds. The van der Waals surface area contributed by atoms with Crippen molar-refractivity contribution >= 4 is 21.5 Å². The second-order valence-corrected chi connectivity index (χ2v) is 4.89. The van der Waals surface area contributed by atoms with Gasteiger partial charge in [-0.05, 0) is 35.7 Å². The number of rotatable bonds is 4. The summed E-state index contributed by atoms with van der Waals surface area (Å²) in [5.74, 6) is 3.03. The molecule has 0 fully saturated rings. The Bertz CT molecular complexity index is 839.